The third-order valence-electron chi connectivity index (χ3n) is 2.72. The molecule has 2 rings (SSSR count). The van der Waals surface area contributed by atoms with Crippen molar-refractivity contribution in [1.29, 1.82) is 0 Å². The molecule has 0 bridgehead atoms. The molecule has 0 fully saturated rings. The highest BCUT2D eigenvalue weighted by Crippen LogP contribution is 2.38. The van der Waals surface area contributed by atoms with Gasteiger partial charge in [-0.3, -0.25) is 4.79 Å². The quantitative estimate of drug-likeness (QED) is 0.605. The Morgan fingerprint density at radius 3 is 2.89 bits per heavy atom. The zero-order chi connectivity index (χ0) is 13.7. The van der Waals surface area contributed by atoms with Gasteiger partial charge in [0, 0.05) is 31.8 Å². The molecule has 6 heteroatoms. The van der Waals surface area contributed by atoms with Crippen LogP contribution in [-0.4, -0.2) is 25.9 Å². The molecule has 1 aliphatic rings. The van der Waals surface area contributed by atoms with E-state index in [1.165, 1.54) is 0 Å². The van der Waals surface area contributed by atoms with Gasteiger partial charge in [-0.15, -0.1) is 0 Å². The number of carbonyl (C=O) groups excluding carboxylic acids is 1. The molecule has 3 N–H and O–H groups in total. The fourth-order valence-electron chi connectivity index (χ4n) is 1.76. The molecular formula is C13H18N2O4. The molecule has 0 unspecified atom stereocenters. The van der Waals surface area contributed by atoms with Gasteiger partial charge in [-0.1, -0.05) is 0 Å². The predicted octanol–water partition coefficient (Wildman–Crippen LogP) is 1.75. The number of amides is 1. The smallest absolute Gasteiger partial charge is 0.231 e. The Bertz CT molecular complexity index is 462. The number of hydrogen-bond donors (Lipinski definition) is 2. The van der Waals surface area contributed by atoms with E-state index in [1.807, 2.05) is 6.92 Å². The Hall–Kier alpha value is -1.95. The average Bonchev–Trinajstić information content (AvgIpc) is 2.82. The molecule has 1 aromatic rings. The molecule has 0 saturated carbocycles. The van der Waals surface area contributed by atoms with E-state index in [4.69, 9.17) is 19.9 Å². The zero-order valence-electron chi connectivity index (χ0n) is 10.9. The highest BCUT2D eigenvalue weighted by atomic mass is 16.7. The monoisotopic (exact) mass is 266 g/mol. The summed E-state index contributed by atoms with van der Waals surface area (Å²) in [5, 5.41) is 2.76. The topological polar surface area (TPSA) is 82.8 Å². The first-order valence-corrected chi connectivity index (χ1v) is 6.27. The number of rotatable bonds is 6. The van der Waals surface area contributed by atoms with Crippen molar-refractivity contribution in [2.75, 3.05) is 31.1 Å². The van der Waals surface area contributed by atoms with Crippen LogP contribution in [-0.2, 0) is 9.53 Å². The van der Waals surface area contributed by atoms with Gasteiger partial charge < -0.3 is 25.3 Å². The first-order valence-electron chi connectivity index (χ1n) is 6.27. The van der Waals surface area contributed by atoms with Gasteiger partial charge in [-0.05, 0) is 13.3 Å². The van der Waals surface area contributed by atoms with Crippen molar-refractivity contribution in [2.24, 2.45) is 0 Å². The summed E-state index contributed by atoms with van der Waals surface area (Å²) in [4.78, 5) is 11.7. The third-order valence-corrected chi connectivity index (χ3v) is 2.72. The maximum Gasteiger partial charge on any atom is 0.231 e. The van der Waals surface area contributed by atoms with Gasteiger partial charge in [0.05, 0.1) is 11.4 Å². The lowest BCUT2D eigenvalue weighted by Gasteiger charge is -2.09. The fourth-order valence-corrected chi connectivity index (χ4v) is 1.76. The van der Waals surface area contributed by atoms with E-state index in [0.717, 1.165) is 0 Å². The number of nitrogen functional groups attached to an aromatic ring is 1. The lowest BCUT2D eigenvalue weighted by atomic mass is 10.2. The van der Waals surface area contributed by atoms with Crippen LogP contribution >= 0.6 is 0 Å². The zero-order valence-corrected chi connectivity index (χ0v) is 10.9. The van der Waals surface area contributed by atoms with E-state index in [1.54, 1.807) is 12.1 Å². The van der Waals surface area contributed by atoms with Gasteiger partial charge in [-0.2, -0.15) is 0 Å². The largest absolute Gasteiger partial charge is 0.454 e. The first-order chi connectivity index (χ1) is 9.20. The molecule has 1 amide bonds. The van der Waals surface area contributed by atoms with Crippen LogP contribution in [0.4, 0.5) is 11.4 Å². The molecule has 1 aliphatic heterocycles. The molecule has 0 aromatic heterocycles. The minimum atomic E-state index is -0.0923. The summed E-state index contributed by atoms with van der Waals surface area (Å²) >= 11 is 0. The number of carbonyl (C=O) groups is 1. The maximum atomic E-state index is 11.7. The van der Waals surface area contributed by atoms with Crippen molar-refractivity contribution in [1.82, 2.24) is 0 Å². The molecule has 1 heterocycles. The molecule has 0 radical (unpaired) electrons. The number of ether oxygens (including phenoxy) is 3. The van der Waals surface area contributed by atoms with Crippen LogP contribution < -0.4 is 20.5 Å². The highest BCUT2D eigenvalue weighted by Gasteiger charge is 2.17. The van der Waals surface area contributed by atoms with Gasteiger partial charge in [0.1, 0.15) is 0 Å². The summed E-state index contributed by atoms with van der Waals surface area (Å²) in [5.41, 5.74) is 6.85. The molecule has 0 spiro atoms. The minimum absolute atomic E-state index is 0.0923. The van der Waals surface area contributed by atoms with E-state index in [-0.39, 0.29) is 12.7 Å². The Labute approximate surface area is 111 Å². The normalized spacial score (nSPS) is 12.5. The third kappa shape index (κ3) is 3.51. The van der Waals surface area contributed by atoms with Gasteiger partial charge in [0.2, 0.25) is 12.7 Å². The van der Waals surface area contributed by atoms with Crippen LogP contribution in [0, 0.1) is 0 Å². The van der Waals surface area contributed by atoms with Crippen molar-refractivity contribution in [2.45, 2.75) is 19.8 Å². The summed E-state index contributed by atoms with van der Waals surface area (Å²) in [5.74, 6) is 1.11. The molecule has 104 valence electrons. The summed E-state index contributed by atoms with van der Waals surface area (Å²) in [6.07, 6.45) is 1.08. The van der Waals surface area contributed by atoms with E-state index < -0.39 is 0 Å². The summed E-state index contributed by atoms with van der Waals surface area (Å²) in [6.45, 7) is 3.35. The second-order valence-electron chi connectivity index (χ2n) is 4.14. The Balaban J connectivity index is 1.90. The molecule has 0 aliphatic carbocycles. The van der Waals surface area contributed by atoms with E-state index in [9.17, 15) is 4.79 Å². The van der Waals surface area contributed by atoms with Crippen molar-refractivity contribution >= 4 is 17.3 Å². The van der Waals surface area contributed by atoms with Gasteiger partial charge in [0.25, 0.3) is 0 Å². The SMILES string of the molecule is CCOCCCC(=O)Nc1cc2c(cc1N)OCO2. The number of anilines is 2. The summed E-state index contributed by atoms with van der Waals surface area (Å²) in [6, 6.07) is 3.33. The average molecular weight is 266 g/mol. The van der Waals surface area contributed by atoms with Crippen LogP contribution in [0.3, 0.4) is 0 Å². The second-order valence-corrected chi connectivity index (χ2v) is 4.14. The number of nitrogens with one attached hydrogen (secondary N) is 1. The summed E-state index contributed by atoms with van der Waals surface area (Å²) < 4.78 is 15.6. The van der Waals surface area contributed by atoms with Crippen LogP contribution in [0.5, 0.6) is 11.5 Å². The van der Waals surface area contributed by atoms with E-state index in [0.29, 0.717) is 48.9 Å². The molecular weight excluding hydrogens is 248 g/mol. The molecule has 6 nitrogen and oxygen atoms in total. The fraction of sp³-hybridized carbons (Fsp3) is 0.462. The maximum absolute atomic E-state index is 11.7. The van der Waals surface area contributed by atoms with Crippen LogP contribution in [0.25, 0.3) is 0 Å². The lowest BCUT2D eigenvalue weighted by molar-refractivity contribution is -0.116. The van der Waals surface area contributed by atoms with Crippen LogP contribution in [0.2, 0.25) is 0 Å². The number of benzene rings is 1. The van der Waals surface area contributed by atoms with Gasteiger partial charge in [0.15, 0.2) is 11.5 Å². The van der Waals surface area contributed by atoms with Crippen LogP contribution in [0.15, 0.2) is 12.1 Å². The molecule has 1 aromatic carbocycles. The number of nitrogens with two attached hydrogens (primary N) is 1. The predicted molar refractivity (Wildman–Crippen MR) is 71.3 cm³/mol. The van der Waals surface area contributed by atoms with Crippen LogP contribution in [0.1, 0.15) is 19.8 Å². The Morgan fingerprint density at radius 2 is 2.16 bits per heavy atom. The van der Waals surface area contributed by atoms with Crippen molar-refractivity contribution in [3.8, 4) is 11.5 Å². The van der Waals surface area contributed by atoms with Crippen molar-refractivity contribution in [3.05, 3.63) is 12.1 Å². The molecule has 19 heavy (non-hydrogen) atoms. The Kier molecular flexibility index (Phi) is 4.46. The lowest BCUT2D eigenvalue weighted by Crippen LogP contribution is -2.13. The van der Waals surface area contributed by atoms with Gasteiger partial charge >= 0.3 is 0 Å². The van der Waals surface area contributed by atoms with Crippen molar-refractivity contribution in [3.63, 3.8) is 0 Å². The van der Waals surface area contributed by atoms with E-state index in [2.05, 4.69) is 5.32 Å². The minimum Gasteiger partial charge on any atom is -0.454 e. The highest BCUT2D eigenvalue weighted by molar-refractivity contribution is 5.94. The number of fused-ring (bicyclic) bond motifs is 1. The van der Waals surface area contributed by atoms with Crippen molar-refractivity contribution < 1.29 is 19.0 Å². The molecule has 0 atom stereocenters. The summed E-state index contributed by atoms with van der Waals surface area (Å²) in [7, 11) is 0. The number of hydrogen-bond acceptors (Lipinski definition) is 5. The first kappa shape index (κ1) is 13.5. The van der Waals surface area contributed by atoms with Gasteiger partial charge in [-0.25, -0.2) is 0 Å². The second kappa shape index (κ2) is 6.29. The van der Waals surface area contributed by atoms with E-state index >= 15 is 0 Å². The standard InChI is InChI=1S/C13H18N2O4/c1-2-17-5-3-4-13(16)15-10-7-12-11(6-9(10)14)18-8-19-12/h6-7H,2-5,8,14H2,1H3,(H,15,16). The Morgan fingerprint density at radius 1 is 1.42 bits per heavy atom. The molecule has 0 saturated heterocycles.